The minimum atomic E-state index is -0.528. The van der Waals surface area contributed by atoms with Crippen molar-refractivity contribution in [3.63, 3.8) is 0 Å². The zero-order valence-electron chi connectivity index (χ0n) is 14.6. The fraction of sp³-hybridized carbons (Fsp3) is 0.316. The summed E-state index contributed by atoms with van der Waals surface area (Å²) in [5, 5.41) is 3.92. The lowest BCUT2D eigenvalue weighted by atomic mass is 10.2. The highest BCUT2D eigenvalue weighted by Crippen LogP contribution is 2.12. The van der Waals surface area contributed by atoms with Crippen molar-refractivity contribution in [1.29, 1.82) is 0 Å². The molecule has 0 radical (unpaired) electrons. The van der Waals surface area contributed by atoms with Crippen LogP contribution in [0.4, 0.5) is 0 Å². The zero-order valence-corrected chi connectivity index (χ0v) is 14.6. The average molecular weight is 341 g/mol. The standard InChI is InChI=1S/C19H23N3O3/c1-3-5-12-25-16-9-6-8-15(13-16)14-20-21-18(23)17-10-7-11-22(4-2)19(17)24/h6-11,13-14H,3-5,12H2,1-2H3,(H,21,23)/b20-14-. The number of pyridine rings is 1. The lowest BCUT2D eigenvalue weighted by Crippen LogP contribution is -2.30. The number of carbonyl (C=O) groups excluding carboxylic acids is 1. The van der Waals surface area contributed by atoms with Crippen LogP contribution in [-0.2, 0) is 6.54 Å². The molecule has 0 aliphatic rings. The largest absolute Gasteiger partial charge is 0.494 e. The van der Waals surface area contributed by atoms with Crippen molar-refractivity contribution in [2.45, 2.75) is 33.2 Å². The molecule has 6 heteroatoms. The van der Waals surface area contributed by atoms with E-state index in [9.17, 15) is 9.59 Å². The highest BCUT2D eigenvalue weighted by atomic mass is 16.5. The first kappa shape index (κ1) is 18.4. The average Bonchev–Trinajstić information content (AvgIpc) is 2.62. The number of aryl methyl sites for hydroxylation is 1. The summed E-state index contributed by atoms with van der Waals surface area (Å²) in [6.07, 6.45) is 5.24. The van der Waals surface area contributed by atoms with Gasteiger partial charge in [0.15, 0.2) is 0 Å². The summed E-state index contributed by atoms with van der Waals surface area (Å²) in [6, 6.07) is 10.6. The summed E-state index contributed by atoms with van der Waals surface area (Å²) >= 11 is 0. The molecule has 132 valence electrons. The van der Waals surface area contributed by atoms with Gasteiger partial charge in [0.25, 0.3) is 11.5 Å². The van der Waals surface area contributed by atoms with Crippen LogP contribution < -0.4 is 15.7 Å². The van der Waals surface area contributed by atoms with E-state index in [1.165, 1.54) is 16.8 Å². The fourth-order valence-corrected chi connectivity index (χ4v) is 2.20. The summed E-state index contributed by atoms with van der Waals surface area (Å²) in [4.78, 5) is 24.2. The topological polar surface area (TPSA) is 72.7 Å². The molecule has 0 bridgehead atoms. The maximum atomic E-state index is 12.1. The van der Waals surface area contributed by atoms with Crippen LogP contribution in [0.2, 0.25) is 0 Å². The van der Waals surface area contributed by atoms with E-state index in [0.717, 1.165) is 24.2 Å². The molecule has 0 aliphatic heterocycles. The van der Waals surface area contributed by atoms with Crippen molar-refractivity contribution in [2.75, 3.05) is 6.61 Å². The number of amides is 1. The van der Waals surface area contributed by atoms with E-state index >= 15 is 0 Å². The van der Waals surface area contributed by atoms with Gasteiger partial charge in [0.2, 0.25) is 0 Å². The second-order valence-electron chi connectivity index (χ2n) is 5.49. The van der Waals surface area contributed by atoms with E-state index < -0.39 is 5.91 Å². The number of hydrogen-bond donors (Lipinski definition) is 1. The molecule has 2 rings (SSSR count). The number of rotatable bonds is 8. The minimum absolute atomic E-state index is 0.0677. The van der Waals surface area contributed by atoms with Crippen LogP contribution in [-0.4, -0.2) is 23.3 Å². The lowest BCUT2D eigenvalue weighted by molar-refractivity contribution is 0.0953. The number of benzene rings is 1. The van der Waals surface area contributed by atoms with Gasteiger partial charge in [-0.3, -0.25) is 9.59 Å². The van der Waals surface area contributed by atoms with Crippen molar-refractivity contribution >= 4 is 12.1 Å². The molecule has 0 unspecified atom stereocenters. The number of unbranched alkanes of at least 4 members (excludes halogenated alkanes) is 1. The molecular weight excluding hydrogens is 318 g/mol. The molecule has 0 saturated carbocycles. The fourth-order valence-electron chi connectivity index (χ4n) is 2.20. The number of nitrogens with one attached hydrogen (secondary N) is 1. The molecule has 6 nitrogen and oxygen atoms in total. The van der Waals surface area contributed by atoms with E-state index in [1.807, 2.05) is 31.2 Å². The van der Waals surface area contributed by atoms with Gasteiger partial charge in [0.1, 0.15) is 11.3 Å². The van der Waals surface area contributed by atoms with Gasteiger partial charge in [0.05, 0.1) is 12.8 Å². The molecular formula is C19H23N3O3. The summed E-state index contributed by atoms with van der Waals surface area (Å²) < 4.78 is 7.10. The van der Waals surface area contributed by atoms with Crippen LogP contribution in [0.3, 0.4) is 0 Å². The Morgan fingerprint density at radius 1 is 1.28 bits per heavy atom. The van der Waals surface area contributed by atoms with Crippen LogP contribution in [0, 0.1) is 0 Å². The molecule has 1 amide bonds. The minimum Gasteiger partial charge on any atom is -0.494 e. The van der Waals surface area contributed by atoms with Crippen molar-refractivity contribution in [3.05, 3.63) is 64.1 Å². The van der Waals surface area contributed by atoms with E-state index in [1.54, 1.807) is 12.3 Å². The first-order valence-electron chi connectivity index (χ1n) is 8.41. The number of nitrogens with zero attached hydrogens (tertiary/aromatic N) is 2. The molecule has 1 aromatic carbocycles. The van der Waals surface area contributed by atoms with Gasteiger partial charge in [-0.25, -0.2) is 5.43 Å². The van der Waals surface area contributed by atoms with Gasteiger partial charge in [-0.1, -0.05) is 25.5 Å². The molecule has 0 fully saturated rings. The van der Waals surface area contributed by atoms with Crippen LogP contribution in [0.5, 0.6) is 5.75 Å². The van der Waals surface area contributed by atoms with Gasteiger partial charge < -0.3 is 9.30 Å². The van der Waals surface area contributed by atoms with Crippen LogP contribution >= 0.6 is 0 Å². The lowest BCUT2D eigenvalue weighted by Gasteiger charge is -2.06. The summed E-state index contributed by atoms with van der Waals surface area (Å²) in [6.45, 7) is 5.13. The molecule has 0 saturated heterocycles. The molecule has 25 heavy (non-hydrogen) atoms. The van der Waals surface area contributed by atoms with Gasteiger partial charge in [-0.05, 0) is 43.2 Å². The summed E-state index contributed by atoms with van der Waals surface area (Å²) in [5.41, 5.74) is 2.93. The Morgan fingerprint density at radius 2 is 2.12 bits per heavy atom. The molecule has 0 aliphatic carbocycles. The number of carbonyl (C=O) groups is 1. The number of aromatic nitrogens is 1. The van der Waals surface area contributed by atoms with Crippen molar-refractivity contribution in [1.82, 2.24) is 9.99 Å². The molecule has 1 N–H and O–H groups in total. The van der Waals surface area contributed by atoms with Crippen LogP contribution in [0.25, 0.3) is 0 Å². The highest BCUT2D eigenvalue weighted by molar-refractivity contribution is 5.94. The molecule has 2 aromatic rings. The third-order valence-electron chi connectivity index (χ3n) is 3.61. The second-order valence-corrected chi connectivity index (χ2v) is 5.49. The molecule has 0 spiro atoms. The zero-order chi connectivity index (χ0) is 18.1. The predicted octanol–water partition coefficient (Wildman–Crippen LogP) is 2.81. The number of hydrogen-bond acceptors (Lipinski definition) is 4. The maximum absolute atomic E-state index is 12.1. The summed E-state index contributed by atoms with van der Waals surface area (Å²) in [5.74, 6) is 0.233. The van der Waals surface area contributed by atoms with Gasteiger partial charge >= 0.3 is 0 Å². The van der Waals surface area contributed by atoms with E-state index in [0.29, 0.717) is 13.2 Å². The first-order chi connectivity index (χ1) is 12.2. The Balaban J connectivity index is 2.00. The van der Waals surface area contributed by atoms with Crippen molar-refractivity contribution in [2.24, 2.45) is 5.10 Å². The van der Waals surface area contributed by atoms with E-state index in [2.05, 4.69) is 17.5 Å². The third kappa shape index (κ3) is 5.31. The Kier molecular flexibility index (Phi) is 6.95. The quantitative estimate of drug-likeness (QED) is 0.456. The predicted molar refractivity (Wildman–Crippen MR) is 98.3 cm³/mol. The third-order valence-corrected chi connectivity index (χ3v) is 3.61. The molecule has 1 aromatic heterocycles. The highest BCUT2D eigenvalue weighted by Gasteiger charge is 2.10. The normalized spacial score (nSPS) is 10.8. The number of ether oxygens (including phenoxy) is 1. The van der Waals surface area contributed by atoms with E-state index in [-0.39, 0.29) is 11.1 Å². The van der Waals surface area contributed by atoms with E-state index in [4.69, 9.17) is 4.74 Å². The monoisotopic (exact) mass is 341 g/mol. The van der Waals surface area contributed by atoms with Crippen molar-refractivity contribution < 1.29 is 9.53 Å². The SMILES string of the molecule is CCCCOc1cccc(/C=N\NC(=O)c2cccn(CC)c2=O)c1. The Morgan fingerprint density at radius 3 is 2.88 bits per heavy atom. The molecule has 1 heterocycles. The van der Waals surface area contributed by atoms with Crippen LogP contribution in [0.15, 0.2) is 52.5 Å². The number of hydrazone groups is 1. The Bertz CT molecular complexity index is 796. The van der Waals surface area contributed by atoms with Crippen LogP contribution in [0.1, 0.15) is 42.6 Å². The maximum Gasteiger partial charge on any atom is 0.276 e. The summed E-state index contributed by atoms with van der Waals surface area (Å²) in [7, 11) is 0. The van der Waals surface area contributed by atoms with Gasteiger partial charge in [-0.2, -0.15) is 5.10 Å². The van der Waals surface area contributed by atoms with Crippen molar-refractivity contribution in [3.8, 4) is 5.75 Å². The van der Waals surface area contributed by atoms with Gasteiger partial charge in [-0.15, -0.1) is 0 Å². The second kappa shape index (κ2) is 9.42. The smallest absolute Gasteiger partial charge is 0.276 e. The molecule has 0 atom stereocenters. The van der Waals surface area contributed by atoms with Gasteiger partial charge in [0, 0.05) is 12.7 Å². The Labute approximate surface area is 147 Å². The first-order valence-corrected chi connectivity index (χ1v) is 8.41. The Hall–Kier alpha value is -2.89.